The molecule has 0 bridgehead atoms. The van der Waals surface area contributed by atoms with Gasteiger partial charge < -0.3 is 24.6 Å². The third-order valence-corrected chi connectivity index (χ3v) is 6.49. The Kier molecular flexibility index (Phi) is 4.84. The molecule has 3 heterocycles. The van der Waals surface area contributed by atoms with Crippen LogP contribution in [-0.4, -0.2) is 47.9 Å². The van der Waals surface area contributed by atoms with Crippen molar-refractivity contribution in [1.29, 1.82) is 0 Å². The SMILES string of the molecule is O=C(O)c1cn(C2CC2)c2c(OC(F)F)c(N3CC4CCCNC4C3)c(F)cc2c1=O. The zero-order valence-corrected chi connectivity index (χ0v) is 16.6. The second-order valence-electron chi connectivity index (χ2n) is 8.49. The number of ether oxygens (including phenoxy) is 1. The summed E-state index contributed by atoms with van der Waals surface area (Å²) < 4.78 is 48.5. The van der Waals surface area contributed by atoms with Crippen molar-refractivity contribution in [3.63, 3.8) is 0 Å². The molecule has 2 aliphatic heterocycles. The molecular weight excluding hydrogens is 415 g/mol. The van der Waals surface area contributed by atoms with Gasteiger partial charge in [0.25, 0.3) is 0 Å². The normalized spacial score (nSPS) is 23.4. The highest BCUT2D eigenvalue weighted by atomic mass is 19.3. The van der Waals surface area contributed by atoms with E-state index < -0.39 is 35.1 Å². The number of aromatic nitrogens is 1. The number of carboxylic acid groups (broad SMARTS) is 1. The van der Waals surface area contributed by atoms with Crippen molar-refractivity contribution < 1.29 is 27.8 Å². The number of carboxylic acids is 1. The summed E-state index contributed by atoms with van der Waals surface area (Å²) in [6.45, 7) is -1.45. The molecule has 10 heteroatoms. The summed E-state index contributed by atoms with van der Waals surface area (Å²) in [5.41, 5.74) is -1.51. The maximum absolute atomic E-state index is 15.3. The molecule has 1 aromatic carbocycles. The summed E-state index contributed by atoms with van der Waals surface area (Å²) in [4.78, 5) is 26.0. The van der Waals surface area contributed by atoms with E-state index in [2.05, 4.69) is 5.32 Å². The molecule has 5 rings (SSSR count). The molecule has 2 unspecified atom stereocenters. The summed E-state index contributed by atoms with van der Waals surface area (Å²) in [5, 5.41) is 12.5. The molecule has 1 aliphatic carbocycles. The van der Waals surface area contributed by atoms with Crippen LogP contribution in [0.3, 0.4) is 0 Å². The van der Waals surface area contributed by atoms with E-state index in [-0.39, 0.29) is 34.6 Å². The van der Waals surface area contributed by atoms with Gasteiger partial charge in [0.15, 0.2) is 11.6 Å². The number of hydrogen-bond acceptors (Lipinski definition) is 5. The fraction of sp³-hybridized carbons (Fsp3) is 0.524. The largest absolute Gasteiger partial charge is 0.477 e. The van der Waals surface area contributed by atoms with Gasteiger partial charge in [0.1, 0.15) is 11.3 Å². The van der Waals surface area contributed by atoms with E-state index in [1.807, 2.05) is 0 Å². The van der Waals surface area contributed by atoms with Gasteiger partial charge in [-0.1, -0.05) is 0 Å². The molecule has 1 aromatic heterocycles. The van der Waals surface area contributed by atoms with Gasteiger partial charge in [-0.3, -0.25) is 4.79 Å². The third-order valence-electron chi connectivity index (χ3n) is 6.49. The van der Waals surface area contributed by atoms with E-state index >= 15 is 4.39 Å². The van der Waals surface area contributed by atoms with Crippen molar-refractivity contribution in [2.75, 3.05) is 24.5 Å². The number of nitrogens with zero attached hydrogens (tertiary/aromatic N) is 2. The predicted octanol–water partition coefficient (Wildman–Crippen LogP) is 2.96. The molecule has 0 radical (unpaired) electrons. The van der Waals surface area contributed by atoms with Gasteiger partial charge in [0.05, 0.1) is 10.9 Å². The lowest BCUT2D eigenvalue weighted by molar-refractivity contribution is -0.0488. The Hall–Kier alpha value is -2.75. The third kappa shape index (κ3) is 3.42. The van der Waals surface area contributed by atoms with Gasteiger partial charge in [-0.25, -0.2) is 9.18 Å². The first-order valence-corrected chi connectivity index (χ1v) is 10.4. The fourth-order valence-electron chi connectivity index (χ4n) is 4.96. The number of halogens is 3. The van der Waals surface area contributed by atoms with Crippen LogP contribution in [0.4, 0.5) is 18.9 Å². The van der Waals surface area contributed by atoms with Crippen molar-refractivity contribution in [3.05, 3.63) is 33.9 Å². The Morgan fingerprint density at radius 1 is 1.26 bits per heavy atom. The topological polar surface area (TPSA) is 83.8 Å². The highest BCUT2D eigenvalue weighted by Crippen LogP contribution is 2.45. The monoisotopic (exact) mass is 437 g/mol. The fourth-order valence-corrected chi connectivity index (χ4v) is 4.96. The van der Waals surface area contributed by atoms with Gasteiger partial charge in [-0.15, -0.1) is 0 Å². The van der Waals surface area contributed by atoms with Gasteiger partial charge >= 0.3 is 12.6 Å². The Morgan fingerprint density at radius 3 is 2.68 bits per heavy atom. The first kappa shape index (κ1) is 20.2. The first-order valence-electron chi connectivity index (χ1n) is 10.4. The minimum absolute atomic E-state index is 0.0250. The molecule has 0 amide bonds. The number of hydrogen-bond donors (Lipinski definition) is 2. The molecule has 0 spiro atoms. The Bertz CT molecular complexity index is 1100. The lowest BCUT2D eigenvalue weighted by Gasteiger charge is -2.25. The zero-order chi connectivity index (χ0) is 21.9. The molecule has 166 valence electrons. The van der Waals surface area contributed by atoms with Crippen LogP contribution in [0.5, 0.6) is 5.75 Å². The van der Waals surface area contributed by atoms with Crippen LogP contribution in [0.25, 0.3) is 10.9 Å². The van der Waals surface area contributed by atoms with Crippen molar-refractivity contribution in [2.24, 2.45) is 5.92 Å². The molecule has 3 aliphatic rings. The number of benzene rings is 1. The molecule has 2 saturated heterocycles. The van der Waals surface area contributed by atoms with Crippen molar-refractivity contribution in [3.8, 4) is 5.75 Å². The average molecular weight is 437 g/mol. The van der Waals surface area contributed by atoms with Crippen LogP contribution in [0, 0.1) is 11.7 Å². The highest BCUT2D eigenvalue weighted by molar-refractivity contribution is 5.97. The lowest BCUT2D eigenvalue weighted by Crippen LogP contribution is -2.40. The molecule has 7 nitrogen and oxygen atoms in total. The molecule has 2 atom stereocenters. The van der Waals surface area contributed by atoms with Crippen molar-refractivity contribution in [1.82, 2.24) is 9.88 Å². The van der Waals surface area contributed by atoms with Crippen molar-refractivity contribution in [2.45, 2.75) is 44.4 Å². The summed E-state index contributed by atoms with van der Waals surface area (Å²) in [6, 6.07) is 0.942. The number of fused-ring (bicyclic) bond motifs is 2. The van der Waals surface area contributed by atoms with Crippen LogP contribution in [-0.2, 0) is 0 Å². The average Bonchev–Trinajstić information content (AvgIpc) is 3.46. The number of carbonyl (C=O) groups is 1. The minimum Gasteiger partial charge on any atom is -0.477 e. The number of anilines is 1. The van der Waals surface area contributed by atoms with E-state index in [0.29, 0.717) is 25.9 Å². The van der Waals surface area contributed by atoms with E-state index in [1.165, 1.54) is 4.57 Å². The lowest BCUT2D eigenvalue weighted by atomic mass is 9.94. The van der Waals surface area contributed by atoms with E-state index in [9.17, 15) is 23.5 Å². The number of pyridine rings is 1. The quantitative estimate of drug-likeness (QED) is 0.749. The van der Waals surface area contributed by atoms with Crippen LogP contribution < -0.4 is 20.4 Å². The molecule has 2 N–H and O–H groups in total. The number of nitrogens with one attached hydrogen (secondary N) is 1. The Morgan fingerprint density at radius 2 is 2.03 bits per heavy atom. The molecule has 1 saturated carbocycles. The summed E-state index contributed by atoms with van der Waals surface area (Å²) in [5.74, 6) is -2.45. The maximum atomic E-state index is 15.3. The standard InChI is InChI=1S/C21H22F3N3O4/c22-14-6-12-16(27(11-3-4-11)8-13(18(12)28)20(29)30)19(31-21(23)24)17(14)26-7-10-2-1-5-25-15(10)9-26/h6,8,10-11,15,21,25H,1-5,7,9H2,(H,29,30). The zero-order valence-electron chi connectivity index (χ0n) is 16.6. The highest BCUT2D eigenvalue weighted by Gasteiger charge is 2.38. The second-order valence-corrected chi connectivity index (χ2v) is 8.49. The van der Waals surface area contributed by atoms with E-state index in [0.717, 1.165) is 31.6 Å². The van der Waals surface area contributed by atoms with Crippen LogP contribution in [0.15, 0.2) is 17.1 Å². The van der Waals surface area contributed by atoms with Gasteiger partial charge in [0, 0.05) is 31.4 Å². The van der Waals surface area contributed by atoms with Gasteiger partial charge in [-0.2, -0.15) is 8.78 Å². The summed E-state index contributed by atoms with van der Waals surface area (Å²) >= 11 is 0. The molecule has 2 aromatic rings. The first-order chi connectivity index (χ1) is 14.8. The summed E-state index contributed by atoms with van der Waals surface area (Å²) in [7, 11) is 0. The Labute approximate surface area is 175 Å². The number of rotatable bonds is 5. The van der Waals surface area contributed by atoms with Crippen LogP contribution >= 0.6 is 0 Å². The van der Waals surface area contributed by atoms with Gasteiger partial charge in [-0.05, 0) is 44.2 Å². The van der Waals surface area contributed by atoms with E-state index in [4.69, 9.17) is 4.74 Å². The number of alkyl halides is 2. The Balaban J connectivity index is 1.75. The van der Waals surface area contributed by atoms with Crippen molar-refractivity contribution >= 4 is 22.6 Å². The number of aromatic carboxylic acids is 1. The molecular formula is C21H22F3N3O4. The van der Waals surface area contributed by atoms with Crippen LogP contribution in [0.2, 0.25) is 0 Å². The molecule has 31 heavy (non-hydrogen) atoms. The smallest absolute Gasteiger partial charge is 0.387 e. The van der Waals surface area contributed by atoms with Gasteiger partial charge in [0.2, 0.25) is 5.43 Å². The van der Waals surface area contributed by atoms with E-state index in [1.54, 1.807) is 4.90 Å². The minimum atomic E-state index is -3.23. The van der Waals surface area contributed by atoms with Crippen LogP contribution in [0.1, 0.15) is 42.1 Å². The maximum Gasteiger partial charge on any atom is 0.387 e. The predicted molar refractivity (Wildman–Crippen MR) is 107 cm³/mol. The summed E-state index contributed by atoms with van der Waals surface area (Å²) in [6.07, 6.45) is 4.53. The molecule has 3 fully saturated rings. The second kappa shape index (κ2) is 7.44. The number of piperidine rings is 1.